The lowest BCUT2D eigenvalue weighted by Crippen LogP contribution is -2.60. The van der Waals surface area contributed by atoms with Crippen LogP contribution in [0.15, 0.2) is 18.3 Å². The van der Waals surface area contributed by atoms with E-state index in [0.29, 0.717) is 30.2 Å². The molecular weight excluding hydrogens is 410 g/mol. The number of likely N-dealkylation sites (tertiary alicyclic amines) is 1. The largest absolute Gasteiger partial charge is 0.465 e. The topological polar surface area (TPSA) is 149 Å². The zero-order chi connectivity index (χ0) is 23.2. The van der Waals surface area contributed by atoms with Crippen LogP contribution >= 0.6 is 0 Å². The van der Waals surface area contributed by atoms with Gasteiger partial charge in [-0.2, -0.15) is 10.2 Å². The Bertz CT molecular complexity index is 1240. The van der Waals surface area contributed by atoms with Crippen molar-refractivity contribution in [1.82, 2.24) is 24.4 Å². The summed E-state index contributed by atoms with van der Waals surface area (Å²) in [5, 5.41) is 22.0. The SMILES string of the molecule is Cc1nc(N)nc(NC(C)c2nc3ccn(C)c3cc2N(C)C2CN(C(=O)O)C2)c1C#N. The minimum atomic E-state index is -0.915. The predicted octanol–water partition coefficient (Wildman–Crippen LogP) is 2.10. The Morgan fingerprint density at radius 2 is 2.12 bits per heavy atom. The molecule has 0 aromatic carbocycles. The van der Waals surface area contributed by atoms with Gasteiger partial charge in [-0.05, 0) is 26.0 Å². The molecule has 4 N–H and O–H groups in total. The average molecular weight is 435 g/mol. The summed E-state index contributed by atoms with van der Waals surface area (Å²) in [6.45, 7) is 4.51. The summed E-state index contributed by atoms with van der Waals surface area (Å²) in [5.74, 6) is 0.442. The molecule has 4 rings (SSSR count). The van der Waals surface area contributed by atoms with Crippen LogP contribution in [0.3, 0.4) is 0 Å². The van der Waals surface area contributed by atoms with Crippen molar-refractivity contribution >= 4 is 34.6 Å². The van der Waals surface area contributed by atoms with Crippen LogP contribution in [0.5, 0.6) is 0 Å². The van der Waals surface area contributed by atoms with Gasteiger partial charge in [-0.15, -0.1) is 0 Å². The number of fused-ring (bicyclic) bond motifs is 1. The zero-order valence-electron chi connectivity index (χ0n) is 18.4. The highest BCUT2D eigenvalue weighted by Crippen LogP contribution is 2.33. The van der Waals surface area contributed by atoms with Gasteiger partial charge in [0, 0.05) is 33.4 Å². The van der Waals surface area contributed by atoms with E-state index in [9.17, 15) is 15.2 Å². The molecule has 0 bridgehead atoms. The summed E-state index contributed by atoms with van der Waals surface area (Å²) in [7, 11) is 3.90. The van der Waals surface area contributed by atoms with Crippen molar-refractivity contribution in [2.75, 3.05) is 36.1 Å². The highest BCUT2D eigenvalue weighted by molar-refractivity contribution is 5.81. The first-order valence-corrected chi connectivity index (χ1v) is 10.2. The number of nitrogens with one attached hydrogen (secondary N) is 1. The van der Waals surface area contributed by atoms with Crippen molar-refractivity contribution in [3.05, 3.63) is 35.3 Å². The standard InChI is InChI=1S/C21H25N9O2/c1-11-14(8-22)19(27-20(23)25-11)24-12(2)18-17(7-16-15(26-18)5-6-28(16)3)29(4)13-9-30(10-13)21(31)32/h5-7,12-13H,9-10H2,1-4H3,(H,31,32)(H3,23,24,25,27). The number of aryl methyl sites for hydroxylation is 2. The minimum absolute atomic E-state index is 0.0446. The molecule has 1 unspecified atom stereocenters. The first-order valence-electron chi connectivity index (χ1n) is 10.2. The maximum atomic E-state index is 11.2. The molecule has 0 saturated carbocycles. The number of nitrogens with two attached hydrogens (primary N) is 1. The fraction of sp³-hybridized carbons (Fsp3) is 0.381. The van der Waals surface area contributed by atoms with E-state index in [1.165, 1.54) is 4.90 Å². The highest BCUT2D eigenvalue weighted by atomic mass is 16.4. The molecule has 32 heavy (non-hydrogen) atoms. The van der Waals surface area contributed by atoms with E-state index in [1.807, 2.05) is 37.8 Å². The number of carboxylic acid groups (broad SMARTS) is 1. The van der Waals surface area contributed by atoms with Crippen LogP contribution in [-0.2, 0) is 7.05 Å². The fourth-order valence-corrected chi connectivity index (χ4v) is 3.95. The number of hydrogen-bond acceptors (Lipinski definition) is 8. The molecule has 1 fully saturated rings. The normalized spacial score (nSPS) is 14.7. The molecule has 0 aliphatic carbocycles. The van der Waals surface area contributed by atoms with Gasteiger partial charge in [-0.25, -0.2) is 14.8 Å². The summed E-state index contributed by atoms with van der Waals surface area (Å²) in [6.07, 6.45) is 1.03. The number of aromatic nitrogens is 4. The van der Waals surface area contributed by atoms with Gasteiger partial charge in [0.15, 0.2) is 0 Å². The van der Waals surface area contributed by atoms with Gasteiger partial charge in [0.05, 0.1) is 40.2 Å². The van der Waals surface area contributed by atoms with Gasteiger partial charge in [-0.1, -0.05) is 0 Å². The lowest BCUT2D eigenvalue weighted by Gasteiger charge is -2.44. The summed E-state index contributed by atoms with van der Waals surface area (Å²) in [4.78, 5) is 27.8. The lowest BCUT2D eigenvalue weighted by molar-refractivity contribution is 0.105. The quantitative estimate of drug-likeness (QED) is 0.547. The van der Waals surface area contributed by atoms with E-state index < -0.39 is 6.09 Å². The number of amides is 1. The first-order chi connectivity index (χ1) is 15.2. The maximum absolute atomic E-state index is 11.2. The van der Waals surface area contributed by atoms with Gasteiger partial charge < -0.3 is 30.5 Å². The number of likely N-dealkylation sites (N-methyl/N-ethyl adjacent to an activating group) is 1. The van der Waals surface area contributed by atoms with Crippen molar-refractivity contribution < 1.29 is 9.90 Å². The number of nitriles is 1. The van der Waals surface area contributed by atoms with Gasteiger partial charge in [0.1, 0.15) is 17.5 Å². The number of anilines is 3. The molecule has 3 aromatic rings. The summed E-state index contributed by atoms with van der Waals surface area (Å²) in [5.41, 5.74) is 10.1. The van der Waals surface area contributed by atoms with Gasteiger partial charge >= 0.3 is 6.09 Å². The Morgan fingerprint density at radius 3 is 2.78 bits per heavy atom. The first kappa shape index (κ1) is 21.2. The van der Waals surface area contributed by atoms with Gasteiger partial charge in [0.25, 0.3) is 0 Å². The van der Waals surface area contributed by atoms with Crippen LogP contribution in [0.1, 0.15) is 29.9 Å². The van der Waals surface area contributed by atoms with Crippen molar-refractivity contribution in [1.29, 1.82) is 5.26 Å². The lowest BCUT2D eigenvalue weighted by atomic mass is 10.0. The molecule has 0 radical (unpaired) electrons. The molecule has 11 heteroatoms. The van der Waals surface area contributed by atoms with E-state index >= 15 is 0 Å². The summed E-state index contributed by atoms with van der Waals surface area (Å²) in [6, 6.07) is 5.87. The van der Waals surface area contributed by atoms with Crippen molar-refractivity contribution in [3.63, 3.8) is 0 Å². The molecular formula is C21H25N9O2. The Morgan fingerprint density at radius 1 is 1.41 bits per heavy atom. The van der Waals surface area contributed by atoms with Gasteiger partial charge in [0.2, 0.25) is 5.95 Å². The molecule has 1 aliphatic heterocycles. The Hall–Kier alpha value is -4.07. The van der Waals surface area contributed by atoms with E-state index in [1.54, 1.807) is 6.92 Å². The second kappa shape index (κ2) is 7.88. The number of pyridine rings is 1. The highest BCUT2D eigenvalue weighted by Gasteiger charge is 2.35. The molecule has 1 atom stereocenters. The minimum Gasteiger partial charge on any atom is -0.465 e. The molecule has 4 heterocycles. The van der Waals surface area contributed by atoms with Crippen molar-refractivity contribution in [2.24, 2.45) is 7.05 Å². The molecule has 1 amide bonds. The zero-order valence-corrected chi connectivity index (χ0v) is 18.4. The Kier molecular flexibility index (Phi) is 5.22. The van der Waals surface area contributed by atoms with Crippen LogP contribution in [0.25, 0.3) is 11.0 Å². The van der Waals surface area contributed by atoms with Crippen LogP contribution in [-0.4, -0.2) is 61.8 Å². The van der Waals surface area contributed by atoms with Crippen LogP contribution in [0.4, 0.5) is 22.2 Å². The Balaban J connectivity index is 1.72. The fourth-order valence-electron chi connectivity index (χ4n) is 3.95. The van der Waals surface area contributed by atoms with E-state index in [-0.39, 0.29) is 18.0 Å². The average Bonchev–Trinajstić information content (AvgIpc) is 3.05. The second-order valence-electron chi connectivity index (χ2n) is 8.04. The molecule has 1 aliphatic rings. The van der Waals surface area contributed by atoms with E-state index in [2.05, 4.69) is 32.3 Å². The van der Waals surface area contributed by atoms with E-state index in [4.69, 9.17) is 10.7 Å². The third-order valence-electron chi connectivity index (χ3n) is 5.92. The Labute approximate surface area is 185 Å². The number of hydrogen-bond donors (Lipinski definition) is 3. The van der Waals surface area contributed by atoms with E-state index in [0.717, 1.165) is 22.4 Å². The molecule has 3 aromatic heterocycles. The molecule has 0 spiro atoms. The number of carbonyl (C=O) groups is 1. The van der Waals surface area contributed by atoms with Crippen LogP contribution < -0.4 is 16.0 Å². The van der Waals surface area contributed by atoms with Crippen LogP contribution in [0.2, 0.25) is 0 Å². The predicted molar refractivity (Wildman–Crippen MR) is 120 cm³/mol. The molecule has 11 nitrogen and oxygen atoms in total. The molecule has 166 valence electrons. The number of nitrogen functional groups attached to an aromatic ring is 1. The third kappa shape index (κ3) is 3.60. The maximum Gasteiger partial charge on any atom is 0.407 e. The monoisotopic (exact) mass is 435 g/mol. The summed E-state index contributed by atoms with van der Waals surface area (Å²) < 4.78 is 1.99. The number of nitrogens with zero attached hydrogens (tertiary/aromatic N) is 7. The van der Waals surface area contributed by atoms with Gasteiger partial charge in [-0.3, -0.25) is 0 Å². The molecule has 1 saturated heterocycles. The smallest absolute Gasteiger partial charge is 0.407 e. The summed E-state index contributed by atoms with van der Waals surface area (Å²) >= 11 is 0. The third-order valence-corrected chi connectivity index (χ3v) is 5.92. The second-order valence-corrected chi connectivity index (χ2v) is 8.04. The van der Waals surface area contributed by atoms with Crippen molar-refractivity contribution in [3.8, 4) is 6.07 Å². The van der Waals surface area contributed by atoms with Crippen molar-refractivity contribution in [2.45, 2.75) is 25.9 Å². The van der Waals surface area contributed by atoms with Crippen LogP contribution in [0, 0.1) is 18.3 Å². The number of rotatable bonds is 5.